The van der Waals surface area contributed by atoms with Crippen LogP contribution in [0, 0.1) is 5.21 Å². The van der Waals surface area contributed by atoms with Crippen LogP contribution in [0.25, 0.3) is 0 Å². The van der Waals surface area contributed by atoms with Crippen LogP contribution in [0.1, 0.15) is 24.3 Å². The lowest BCUT2D eigenvalue weighted by atomic mass is 9.90. The third-order valence-corrected chi connectivity index (χ3v) is 3.02. The van der Waals surface area contributed by atoms with Crippen LogP contribution in [0.4, 0.5) is 0 Å². The molecule has 0 saturated carbocycles. The molecular weight excluding hydrogens is 176 g/mol. The highest BCUT2D eigenvalue weighted by atomic mass is 16.5. The maximum Gasteiger partial charge on any atom is 0.180 e. The van der Waals surface area contributed by atoms with Crippen LogP contribution in [0.5, 0.6) is 0 Å². The van der Waals surface area contributed by atoms with Crippen molar-refractivity contribution in [2.75, 3.05) is 20.1 Å². The summed E-state index contributed by atoms with van der Waals surface area (Å²) in [6, 6.07) is 3.89. The lowest BCUT2D eigenvalue weighted by Crippen LogP contribution is -2.30. The lowest BCUT2D eigenvalue weighted by Gasteiger charge is -2.28. The summed E-state index contributed by atoms with van der Waals surface area (Å²) in [7, 11) is 2.16. The first-order valence-electron chi connectivity index (χ1n) is 5.13. The zero-order valence-corrected chi connectivity index (χ0v) is 8.52. The summed E-state index contributed by atoms with van der Waals surface area (Å²) in [6.07, 6.45) is 5.60. The van der Waals surface area contributed by atoms with Crippen molar-refractivity contribution in [3.8, 4) is 0 Å². The van der Waals surface area contributed by atoms with Gasteiger partial charge in [-0.15, -0.1) is 0 Å². The molecule has 0 atom stereocenters. The first-order chi connectivity index (χ1) is 6.75. The minimum absolute atomic E-state index is 0.646. The molecule has 0 spiro atoms. The molecular formula is C11H16N2O. The fourth-order valence-corrected chi connectivity index (χ4v) is 2.04. The lowest BCUT2D eigenvalue weighted by molar-refractivity contribution is -0.605. The number of aromatic nitrogens is 1. The summed E-state index contributed by atoms with van der Waals surface area (Å²) in [5.41, 5.74) is 1.31. The first-order valence-corrected chi connectivity index (χ1v) is 5.13. The van der Waals surface area contributed by atoms with Crippen LogP contribution >= 0.6 is 0 Å². The van der Waals surface area contributed by atoms with E-state index in [0.717, 1.165) is 17.8 Å². The Morgan fingerprint density at radius 2 is 1.86 bits per heavy atom. The van der Waals surface area contributed by atoms with E-state index in [1.807, 2.05) is 12.1 Å². The van der Waals surface area contributed by atoms with Gasteiger partial charge in [-0.3, -0.25) is 0 Å². The standard InChI is InChI=1S/C11H16N2O/c1-12-6-2-10(3-7-12)11-4-8-13(14)9-5-11/h4-5,8-10H,2-3,6-7H2,1H3. The summed E-state index contributed by atoms with van der Waals surface area (Å²) >= 11 is 0. The molecule has 0 bridgehead atoms. The number of pyridine rings is 1. The number of piperidine rings is 1. The van der Waals surface area contributed by atoms with E-state index in [2.05, 4.69) is 11.9 Å². The highest BCUT2D eigenvalue weighted by molar-refractivity contribution is 5.14. The van der Waals surface area contributed by atoms with E-state index >= 15 is 0 Å². The van der Waals surface area contributed by atoms with Gasteiger partial charge in [0, 0.05) is 12.1 Å². The Morgan fingerprint density at radius 3 is 2.43 bits per heavy atom. The van der Waals surface area contributed by atoms with Gasteiger partial charge in [0.25, 0.3) is 0 Å². The van der Waals surface area contributed by atoms with E-state index in [-0.39, 0.29) is 0 Å². The van der Waals surface area contributed by atoms with Gasteiger partial charge in [-0.2, -0.15) is 4.73 Å². The summed E-state index contributed by atoms with van der Waals surface area (Å²) in [4.78, 5) is 2.35. The second-order valence-electron chi connectivity index (χ2n) is 4.07. The van der Waals surface area contributed by atoms with E-state index in [0.29, 0.717) is 5.92 Å². The van der Waals surface area contributed by atoms with Gasteiger partial charge in [0.2, 0.25) is 0 Å². The zero-order chi connectivity index (χ0) is 9.97. The minimum atomic E-state index is 0.646. The first kappa shape index (κ1) is 9.46. The number of hydrogen-bond acceptors (Lipinski definition) is 2. The second kappa shape index (κ2) is 3.96. The third kappa shape index (κ3) is 2.04. The van der Waals surface area contributed by atoms with E-state index in [9.17, 15) is 5.21 Å². The summed E-state index contributed by atoms with van der Waals surface area (Å²) in [5.74, 6) is 0.646. The molecule has 0 N–H and O–H groups in total. The van der Waals surface area contributed by atoms with Crippen LogP contribution in [-0.2, 0) is 0 Å². The fourth-order valence-electron chi connectivity index (χ4n) is 2.04. The normalized spacial score (nSPS) is 19.8. The Balaban J connectivity index is 2.05. The Bertz CT molecular complexity index is 289. The van der Waals surface area contributed by atoms with Crippen LogP contribution < -0.4 is 4.73 Å². The smallest absolute Gasteiger partial charge is 0.180 e. The van der Waals surface area contributed by atoms with Crippen molar-refractivity contribution in [3.63, 3.8) is 0 Å². The molecule has 1 aliphatic heterocycles. The Hall–Kier alpha value is -1.09. The molecule has 2 rings (SSSR count). The number of hydrogen-bond donors (Lipinski definition) is 0. The third-order valence-electron chi connectivity index (χ3n) is 3.02. The zero-order valence-electron chi connectivity index (χ0n) is 8.52. The van der Waals surface area contributed by atoms with Crippen LogP contribution in [0.15, 0.2) is 24.5 Å². The van der Waals surface area contributed by atoms with Gasteiger partial charge in [0.1, 0.15) is 0 Å². The van der Waals surface area contributed by atoms with Crippen molar-refractivity contribution in [2.45, 2.75) is 18.8 Å². The predicted octanol–water partition coefficient (Wildman–Crippen LogP) is 1.13. The average Bonchev–Trinajstić information content (AvgIpc) is 2.21. The van der Waals surface area contributed by atoms with Crippen molar-refractivity contribution < 1.29 is 4.73 Å². The largest absolute Gasteiger partial charge is 0.619 e. The number of likely N-dealkylation sites (tertiary alicyclic amines) is 1. The summed E-state index contributed by atoms with van der Waals surface area (Å²) in [5, 5.41) is 10.9. The van der Waals surface area contributed by atoms with Crippen LogP contribution in [0.2, 0.25) is 0 Å². The van der Waals surface area contributed by atoms with E-state index in [1.54, 1.807) is 12.4 Å². The molecule has 2 heterocycles. The highest BCUT2D eigenvalue weighted by Gasteiger charge is 2.18. The fraction of sp³-hybridized carbons (Fsp3) is 0.545. The van der Waals surface area contributed by atoms with Crippen molar-refractivity contribution in [1.82, 2.24) is 4.90 Å². The van der Waals surface area contributed by atoms with E-state index < -0.39 is 0 Å². The predicted molar refractivity (Wildman–Crippen MR) is 54.9 cm³/mol. The second-order valence-corrected chi connectivity index (χ2v) is 4.07. The van der Waals surface area contributed by atoms with E-state index in [1.165, 1.54) is 18.4 Å². The monoisotopic (exact) mass is 192 g/mol. The molecule has 0 amide bonds. The van der Waals surface area contributed by atoms with Crippen molar-refractivity contribution in [1.29, 1.82) is 0 Å². The highest BCUT2D eigenvalue weighted by Crippen LogP contribution is 2.26. The molecule has 3 heteroatoms. The van der Waals surface area contributed by atoms with Crippen molar-refractivity contribution >= 4 is 0 Å². The quantitative estimate of drug-likeness (QED) is 0.493. The van der Waals surface area contributed by atoms with Gasteiger partial charge in [-0.25, -0.2) is 0 Å². The molecule has 1 aromatic heterocycles. The molecule has 0 radical (unpaired) electrons. The van der Waals surface area contributed by atoms with Crippen molar-refractivity contribution in [2.24, 2.45) is 0 Å². The Labute approximate surface area is 84.6 Å². The average molecular weight is 192 g/mol. The van der Waals surface area contributed by atoms with Gasteiger partial charge in [-0.05, 0) is 44.5 Å². The number of rotatable bonds is 1. The maximum absolute atomic E-state index is 10.9. The SMILES string of the molecule is CN1CCC(c2cc[n+]([O-])cc2)CC1. The van der Waals surface area contributed by atoms with Crippen molar-refractivity contribution in [3.05, 3.63) is 35.3 Å². The maximum atomic E-state index is 10.9. The van der Waals surface area contributed by atoms with Gasteiger partial charge in [0.15, 0.2) is 12.4 Å². The Kier molecular flexibility index (Phi) is 2.68. The molecule has 1 saturated heterocycles. The molecule has 1 aliphatic rings. The summed E-state index contributed by atoms with van der Waals surface area (Å²) < 4.78 is 0.846. The molecule has 1 aromatic rings. The molecule has 76 valence electrons. The van der Waals surface area contributed by atoms with Gasteiger partial charge in [0.05, 0.1) is 0 Å². The topological polar surface area (TPSA) is 30.2 Å². The summed E-state index contributed by atoms with van der Waals surface area (Å²) in [6.45, 7) is 2.33. The van der Waals surface area contributed by atoms with E-state index in [4.69, 9.17) is 0 Å². The molecule has 14 heavy (non-hydrogen) atoms. The molecule has 0 aliphatic carbocycles. The molecule has 3 nitrogen and oxygen atoms in total. The Morgan fingerprint density at radius 1 is 1.29 bits per heavy atom. The van der Waals surface area contributed by atoms with Gasteiger partial charge < -0.3 is 10.1 Å². The van der Waals surface area contributed by atoms with Gasteiger partial charge >= 0.3 is 0 Å². The van der Waals surface area contributed by atoms with Crippen LogP contribution in [-0.4, -0.2) is 25.0 Å². The molecule has 1 fully saturated rings. The number of nitrogens with zero attached hydrogens (tertiary/aromatic N) is 2. The van der Waals surface area contributed by atoms with Gasteiger partial charge in [-0.1, -0.05) is 0 Å². The molecule has 0 aromatic carbocycles. The van der Waals surface area contributed by atoms with Crippen LogP contribution in [0.3, 0.4) is 0 Å². The molecule has 0 unspecified atom stereocenters. The minimum Gasteiger partial charge on any atom is -0.619 e.